The summed E-state index contributed by atoms with van der Waals surface area (Å²) in [7, 11) is 0. The molecule has 3 aromatic rings. The first-order valence-corrected chi connectivity index (χ1v) is 9.09. The lowest BCUT2D eigenvalue weighted by Gasteiger charge is -2.14. The number of amides is 1. The van der Waals surface area contributed by atoms with Crippen molar-refractivity contribution in [3.8, 4) is 5.69 Å². The second-order valence-electron chi connectivity index (χ2n) is 5.77. The summed E-state index contributed by atoms with van der Waals surface area (Å²) in [6.07, 6.45) is -1.54. The molecule has 0 spiro atoms. The average Bonchev–Trinajstić information content (AvgIpc) is 3.02. The van der Waals surface area contributed by atoms with Crippen molar-refractivity contribution in [2.45, 2.75) is 13.1 Å². The molecule has 1 N–H and O–H groups in total. The van der Waals surface area contributed by atoms with Crippen molar-refractivity contribution in [3.63, 3.8) is 0 Å². The average molecular weight is 506 g/mol. The minimum atomic E-state index is -4.55. The topological polar surface area (TPSA) is 46.9 Å². The maximum absolute atomic E-state index is 13.3. The molecule has 0 aliphatic rings. The number of rotatable bonds is 3. The van der Waals surface area contributed by atoms with Gasteiger partial charge in [-0.25, -0.2) is 4.98 Å². The first kappa shape index (κ1) is 19.7. The molecule has 0 unspecified atom stereocenters. The highest BCUT2D eigenvalue weighted by Crippen LogP contribution is 2.33. The fraction of sp³-hybridized carbons (Fsp3) is 0.111. The molecule has 27 heavy (non-hydrogen) atoms. The molecule has 0 atom stereocenters. The third-order valence-corrected chi connectivity index (χ3v) is 5.24. The van der Waals surface area contributed by atoms with Crippen LogP contribution < -0.4 is 5.32 Å². The summed E-state index contributed by atoms with van der Waals surface area (Å²) < 4.78 is 42.0. The summed E-state index contributed by atoms with van der Waals surface area (Å²) in [5.41, 5.74) is 0.356. The number of nitrogens with one attached hydrogen (secondary N) is 1. The molecule has 0 saturated heterocycles. The van der Waals surface area contributed by atoms with Crippen molar-refractivity contribution < 1.29 is 18.0 Å². The van der Waals surface area contributed by atoms with E-state index in [1.165, 1.54) is 23.0 Å². The van der Waals surface area contributed by atoms with Crippen LogP contribution in [0.2, 0.25) is 5.02 Å². The molecule has 4 nitrogen and oxygen atoms in total. The minimum Gasteiger partial charge on any atom is -0.322 e. The second kappa shape index (κ2) is 7.51. The first-order valence-electron chi connectivity index (χ1n) is 7.63. The molecule has 0 radical (unpaired) electrons. The van der Waals surface area contributed by atoms with Crippen LogP contribution >= 0.6 is 34.2 Å². The van der Waals surface area contributed by atoms with Crippen molar-refractivity contribution in [2.75, 3.05) is 5.32 Å². The molecule has 0 aliphatic heterocycles. The highest BCUT2D eigenvalue weighted by atomic mass is 127. The van der Waals surface area contributed by atoms with Gasteiger partial charge in [0.2, 0.25) is 0 Å². The first-order chi connectivity index (χ1) is 12.6. The van der Waals surface area contributed by atoms with Gasteiger partial charge >= 0.3 is 6.18 Å². The normalized spacial score (nSPS) is 11.5. The molecule has 0 aliphatic carbocycles. The summed E-state index contributed by atoms with van der Waals surface area (Å²) in [6, 6.07) is 7.98. The van der Waals surface area contributed by atoms with Crippen LogP contribution in [0.25, 0.3) is 5.69 Å². The van der Waals surface area contributed by atoms with Crippen molar-refractivity contribution in [2.24, 2.45) is 0 Å². The molecule has 1 heterocycles. The molecule has 2 aromatic carbocycles. The van der Waals surface area contributed by atoms with Crippen LogP contribution in [-0.2, 0) is 6.18 Å². The summed E-state index contributed by atoms with van der Waals surface area (Å²) in [6.45, 7) is 1.73. The van der Waals surface area contributed by atoms with Crippen molar-refractivity contribution in [1.82, 2.24) is 9.55 Å². The van der Waals surface area contributed by atoms with Crippen LogP contribution in [0.1, 0.15) is 21.6 Å². The monoisotopic (exact) mass is 505 g/mol. The van der Waals surface area contributed by atoms with E-state index in [2.05, 4.69) is 10.3 Å². The quantitative estimate of drug-likeness (QED) is 0.464. The Morgan fingerprint density at radius 3 is 2.56 bits per heavy atom. The second-order valence-corrected chi connectivity index (χ2v) is 7.34. The third-order valence-electron chi connectivity index (χ3n) is 3.69. The zero-order chi connectivity index (χ0) is 19.8. The van der Waals surface area contributed by atoms with Gasteiger partial charge in [0.25, 0.3) is 5.91 Å². The minimum absolute atomic E-state index is 0.0288. The number of nitrogens with zero attached hydrogens (tertiary/aromatic N) is 2. The maximum Gasteiger partial charge on any atom is 0.416 e. The summed E-state index contributed by atoms with van der Waals surface area (Å²) in [4.78, 5) is 16.5. The van der Waals surface area contributed by atoms with E-state index in [1.807, 2.05) is 22.6 Å². The smallest absolute Gasteiger partial charge is 0.322 e. The molecule has 0 saturated carbocycles. The maximum atomic E-state index is 13.3. The zero-order valence-electron chi connectivity index (χ0n) is 13.8. The number of aryl methyl sites for hydroxylation is 1. The van der Waals surface area contributed by atoms with Crippen LogP contribution in [-0.4, -0.2) is 15.5 Å². The molecular weight excluding hydrogens is 494 g/mol. The lowest BCUT2D eigenvalue weighted by Crippen LogP contribution is -2.14. The molecule has 0 bridgehead atoms. The van der Waals surface area contributed by atoms with Gasteiger partial charge in [0, 0.05) is 26.7 Å². The SMILES string of the molecule is Cc1cn(-c2cc(NC(=O)c3ccc(Cl)c(I)c3)cc(C(F)(F)F)c2)cn1. The van der Waals surface area contributed by atoms with E-state index in [-0.39, 0.29) is 11.4 Å². The highest BCUT2D eigenvalue weighted by Gasteiger charge is 2.31. The Bertz CT molecular complexity index is 1020. The summed E-state index contributed by atoms with van der Waals surface area (Å²) in [5, 5.41) is 3.01. The van der Waals surface area contributed by atoms with Gasteiger partial charge in [0.15, 0.2) is 0 Å². The van der Waals surface area contributed by atoms with E-state index in [0.29, 0.717) is 19.9 Å². The van der Waals surface area contributed by atoms with Gasteiger partial charge < -0.3 is 9.88 Å². The Labute approximate surface area is 171 Å². The molecule has 1 amide bonds. The zero-order valence-corrected chi connectivity index (χ0v) is 16.7. The number of carbonyl (C=O) groups excluding carboxylic acids is 1. The predicted octanol–water partition coefficient (Wildman–Crippen LogP) is 5.71. The number of hydrogen-bond acceptors (Lipinski definition) is 2. The Balaban J connectivity index is 1.98. The van der Waals surface area contributed by atoms with E-state index in [0.717, 1.165) is 12.1 Å². The van der Waals surface area contributed by atoms with Gasteiger partial charge in [-0.2, -0.15) is 13.2 Å². The Kier molecular flexibility index (Phi) is 5.48. The van der Waals surface area contributed by atoms with E-state index in [1.54, 1.807) is 25.3 Å². The summed E-state index contributed by atoms with van der Waals surface area (Å²) in [5.74, 6) is -0.531. The van der Waals surface area contributed by atoms with E-state index in [9.17, 15) is 18.0 Å². The molecule has 140 valence electrons. The Morgan fingerprint density at radius 2 is 1.96 bits per heavy atom. The van der Waals surface area contributed by atoms with Crippen molar-refractivity contribution in [3.05, 3.63) is 74.3 Å². The van der Waals surface area contributed by atoms with E-state index >= 15 is 0 Å². The van der Waals surface area contributed by atoms with Gasteiger partial charge in [-0.1, -0.05) is 11.6 Å². The number of halogens is 5. The van der Waals surface area contributed by atoms with Gasteiger partial charge in [0.1, 0.15) is 0 Å². The van der Waals surface area contributed by atoms with Crippen molar-refractivity contribution in [1.29, 1.82) is 0 Å². The fourth-order valence-corrected chi connectivity index (χ4v) is 3.03. The lowest BCUT2D eigenvalue weighted by atomic mass is 10.1. The van der Waals surface area contributed by atoms with Gasteiger partial charge in [-0.15, -0.1) is 0 Å². The van der Waals surface area contributed by atoms with Crippen LogP contribution in [0.4, 0.5) is 18.9 Å². The molecule has 3 rings (SSSR count). The fourth-order valence-electron chi connectivity index (χ4n) is 2.40. The number of hydrogen-bond donors (Lipinski definition) is 1. The predicted molar refractivity (Wildman–Crippen MR) is 105 cm³/mol. The molecule has 9 heteroatoms. The summed E-state index contributed by atoms with van der Waals surface area (Å²) >= 11 is 7.91. The lowest BCUT2D eigenvalue weighted by molar-refractivity contribution is -0.137. The van der Waals surface area contributed by atoms with Crippen LogP contribution in [0, 0.1) is 10.5 Å². The molecule has 0 fully saturated rings. The number of alkyl halides is 3. The van der Waals surface area contributed by atoms with Crippen LogP contribution in [0.3, 0.4) is 0 Å². The van der Waals surface area contributed by atoms with Gasteiger partial charge in [-0.3, -0.25) is 4.79 Å². The number of aromatic nitrogens is 2. The number of carbonyl (C=O) groups is 1. The highest BCUT2D eigenvalue weighted by molar-refractivity contribution is 14.1. The Hall–Kier alpha value is -2.07. The number of anilines is 1. The number of imidazole rings is 1. The van der Waals surface area contributed by atoms with Gasteiger partial charge in [-0.05, 0) is 65.9 Å². The van der Waals surface area contributed by atoms with E-state index < -0.39 is 17.6 Å². The third kappa shape index (κ3) is 4.62. The Morgan fingerprint density at radius 1 is 1.22 bits per heavy atom. The van der Waals surface area contributed by atoms with Crippen LogP contribution in [0.15, 0.2) is 48.9 Å². The van der Waals surface area contributed by atoms with E-state index in [4.69, 9.17) is 11.6 Å². The largest absolute Gasteiger partial charge is 0.416 e. The van der Waals surface area contributed by atoms with Crippen molar-refractivity contribution >= 4 is 45.8 Å². The van der Waals surface area contributed by atoms with Crippen LogP contribution in [0.5, 0.6) is 0 Å². The standard InChI is InChI=1S/C18H12ClF3IN3O/c1-10-8-26(9-24-10)14-6-12(18(20,21)22)5-13(7-14)25-17(27)11-2-3-15(19)16(23)4-11/h2-9H,1H3,(H,25,27). The number of benzene rings is 2. The molecule has 1 aromatic heterocycles. The van der Waals surface area contributed by atoms with Gasteiger partial charge in [0.05, 0.1) is 22.6 Å². The molecular formula is C18H12ClF3IN3O.